The molecule has 1 amide bonds. The molecule has 1 fully saturated rings. The average Bonchev–Trinajstić information content (AvgIpc) is 3.40. The van der Waals surface area contributed by atoms with Crippen LogP contribution in [0.25, 0.3) is 5.76 Å². The van der Waals surface area contributed by atoms with E-state index in [0.717, 1.165) is 11.3 Å². The second-order valence-corrected chi connectivity index (χ2v) is 9.80. The van der Waals surface area contributed by atoms with Gasteiger partial charge in [-0.3, -0.25) is 19.3 Å². The number of ether oxygens (including phenoxy) is 2. The summed E-state index contributed by atoms with van der Waals surface area (Å²) in [5.74, 6) is -1.48. The van der Waals surface area contributed by atoms with Crippen molar-refractivity contribution in [2.24, 2.45) is 0 Å². The number of carbonyl (C=O) groups excluding carboxylic acids is 3. The number of anilines is 1. The number of carbonyl (C=O) groups is 3. The zero-order chi connectivity index (χ0) is 27.6. The second-order valence-electron chi connectivity index (χ2n) is 8.38. The maximum atomic E-state index is 13.4. The molecule has 1 aromatic heterocycles. The molecular weight excluding hydrogens is 528 g/mol. The minimum absolute atomic E-state index is 0.128. The highest BCUT2D eigenvalue weighted by molar-refractivity contribution is 7.18. The molecule has 10 heteroatoms. The lowest BCUT2D eigenvalue weighted by atomic mass is 9.95. The number of hydrogen-bond donors (Lipinski definition) is 1. The largest absolute Gasteiger partial charge is 0.507 e. The third kappa shape index (κ3) is 5.07. The van der Waals surface area contributed by atoms with Gasteiger partial charge < -0.3 is 14.6 Å². The molecule has 4 rings (SSSR count). The number of halogens is 1. The lowest BCUT2D eigenvalue weighted by molar-refractivity contribution is -0.132. The van der Waals surface area contributed by atoms with Crippen molar-refractivity contribution in [1.29, 1.82) is 0 Å². The number of rotatable bonds is 9. The molecule has 0 saturated carbocycles. The minimum Gasteiger partial charge on any atom is -0.507 e. The summed E-state index contributed by atoms with van der Waals surface area (Å²) in [6, 6.07) is 10.2. The first-order valence-corrected chi connectivity index (χ1v) is 12.9. The van der Waals surface area contributed by atoms with Crippen molar-refractivity contribution >= 4 is 51.3 Å². The molecule has 2 aromatic carbocycles. The number of Topliss-reactive ketones (excluding diaryl/α,β-unsaturated/α-hetero) is 2. The summed E-state index contributed by atoms with van der Waals surface area (Å²) >= 11 is 7.02. The van der Waals surface area contributed by atoms with Gasteiger partial charge in [-0.15, -0.1) is 0 Å². The third-order valence-corrected chi connectivity index (χ3v) is 7.32. The Morgan fingerprint density at radius 1 is 1.18 bits per heavy atom. The molecule has 1 aliphatic rings. The molecule has 1 unspecified atom stereocenters. The maximum absolute atomic E-state index is 13.4. The number of hydrogen-bond acceptors (Lipinski definition) is 8. The summed E-state index contributed by atoms with van der Waals surface area (Å²) in [5.41, 5.74) is 1.11. The fourth-order valence-electron chi connectivity index (χ4n) is 4.15. The Morgan fingerprint density at radius 3 is 2.50 bits per heavy atom. The average molecular weight is 553 g/mol. The van der Waals surface area contributed by atoms with Gasteiger partial charge in [0.05, 0.1) is 28.8 Å². The van der Waals surface area contributed by atoms with Gasteiger partial charge in [-0.2, -0.15) is 0 Å². The van der Waals surface area contributed by atoms with Crippen LogP contribution < -0.4 is 14.4 Å². The van der Waals surface area contributed by atoms with Gasteiger partial charge in [-0.25, -0.2) is 4.98 Å². The predicted octanol–water partition coefficient (Wildman–Crippen LogP) is 5.90. The van der Waals surface area contributed by atoms with Crippen LogP contribution in [0.2, 0.25) is 5.02 Å². The number of thiazole rings is 1. The lowest BCUT2D eigenvalue weighted by Gasteiger charge is -2.24. The summed E-state index contributed by atoms with van der Waals surface area (Å²) in [6.45, 7) is 9.14. The molecule has 0 aliphatic carbocycles. The SMILES string of the molecule is C=CCOc1ccc(C2/C(=C(\O)c3ccc(Cl)cc3)C(=O)C(=O)N2c2nc(C)c(C(C)=O)s2)cc1OCC. The van der Waals surface area contributed by atoms with E-state index in [4.69, 9.17) is 21.1 Å². The molecule has 1 aliphatic heterocycles. The van der Waals surface area contributed by atoms with E-state index < -0.39 is 17.7 Å². The van der Waals surface area contributed by atoms with E-state index in [9.17, 15) is 19.5 Å². The zero-order valence-corrected chi connectivity index (χ0v) is 22.6. The third-order valence-electron chi connectivity index (χ3n) is 5.81. The van der Waals surface area contributed by atoms with Crippen molar-refractivity contribution in [3.8, 4) is 11.5 Å². The number of aromatic nitrogens is 1. The second kappa shape index (κ2) is 11.2. The van der Waals surface area contributed by atoms with Gasteiger partial charge in [0.25, 0.3) is 5.78 Å². The Kier molecular flexibility index (Phi) is 7.99. The van der Waals surface area contributed by atoms with E-state index in [0.29, 0.717) is 44.8 Å². The summed E-state index contributed by atoms with van der Waals surface area (Å²) in [6.07, 6.45) is 1.60. The smallest absolute Gasteiger partial charge is 0.301 e. The molecule has 0 spiro atoms. The highest BCUT2D eigenvalue weighted by Crippen LogP contribution is 2.45. The van der Waals surface area contributed by atoms with Crippen LogP contribution in [0, 0.1) is 6.92 Å². The number of ketones is 2. The van der Waals surface area contributed by atoms with E-state index in [1.807, 2.05) is 6.92 Å². The Bertz CT molecular complexity index is 1460. The fraction of sp³-hybridized carbons (Fsp3) is 0.214. The lowest BCUT2D eigenvalue weighted by Crippen LogP contribution is -2.29. The summed E-state index contributed by atoms with van der Waals surface area (Å²) < 4.78 is 11.5. The molecule has 1 saturated heterocycles. The Hall–Kier alpha value is -3.95. The number of aliphatic hydroxyl groups excluding tert-OH is 1. The number of benzene rings is 2. The summed E-state index contributed by atoms with van der Waals surface area (Å²) in [4.78, 5) is 45.0. The fourth-order valence-corrected chi connectivity index (χ4v) is 5.27. The van der Waals surface area contributed by atoms with E-state index >= 15 is 0 Å². The van der Waals surface area contributed by atoms with E-state index in [-0.39, 0.29) is 28.9 Å². The highest BCUT2D eigenvalue weighted by atomic mass is 35.5. The first-order chi connectivity index (χ1) is 18.2. The van der Waals surface area contributed by atoms with Gasteiger partial charge in [0.1, 0.15) is 12.4 Å². The van der Waals surface area contributed by atoms with Crippen molar-refractivity contribution in [1.82, 2.24) is 4.98 Å². The molecule has 0 bridgehead atoms. The van der Waals surface area contributed by atoms with Crippen molar-refractivity contribution in [3.63, 3.8) is 0 Å². The van der Waals surface area contributed by atoms with Crippen LogP contribution in [0.5, 0.6) is 11.5 Å². The van der Waals surface area contributed by atoms with Crippen LogP contribution in [-0.2, 0) is 9.59 Å². The van der Waals surface area contributed by atoms with Crippen LogP contribution >= 0.6 is 22.9 Å². The molecule has 8 nitrogen and oxygen atoms in total. The first-order valence-electron chi connectivity index (χ1n) is 11.7. The minimum atomic E-state index is -1.05. The van der Waals surface area contributed by atoms with Gasteiger partial charge in [0.15, 0.2) is 22.4 Å². The van der Waals surface area contributed by atoms with Crippen LogP contribution in [0.4, 0.5) is 5.13 Å². The molecule has 2 heterocycles. The highest BCUT2D eigenvalue weighted by Gasteiger charge is 2.48. The molecule has 196 valence electrons. The van der Waals surface area contributed by atoms with Gasteiger partial charge in [0.2, 0.25) is 0 Å². The Balaban J connectivity index is 1.95. The Morgan fingerprint density at radius 2 is 1.89 bits per heavy atom. The zero-order valence-electron chi connectivity index (χ0n) is 21.0. The monoisotopic (exact) mass is 552 g/mol. The van der Waals surface area contributed by atoms with Crippen molar-refractivity contribution in [2.45, 2.75) is 26.8 Å². The molecule has 1 N–H and O–H groups in total. The molecule has 3 aromatic rings. The maximum Gasteiger partial charge on any atom is 0.301 e. The van der Waals surface area contributed by atoms with Crippen molar-refractivity contribution < 1.29 is 29.0 Å². The van der Waals surface area contributed by atoms with Crippen LogP contribution in [0.1, 0.15) is 46.4 Å². The molecular formula is C28H25ClN2O6S. The quantitative estimate of drug-likeness (QED) is 0.116. The molecule has 38 heavy (non-hydrogen) atoms. The van der Waals surface area contributed by atoms with E-state index in [2.05, 4.69) is 11.6 Å². The van der Waals surface area contributed by atoms with Crippen LogP contribution in [-0.4, -0.2) is 40.8 Å². The van der Waals surface area contributed by atoms with Gasteiger partial charge in [0, 0.05) is 17.5 Å². The summed E-state index contributed by atoms with van der Waals surface area (Å²) in [7, 11) is 0. The first kappa shape index (κ1) is 27.1. The number of amides is 1. The van der Waals surface area contributed by atoms with E-state index in [1.54, 1.807) is 55.5 Å². The van der Waals surface area contributed by atoms with Gasteiger partial charge in [-0.1, -0.05) is 41.7 Å². The van der Waals surface area contributed by atoms with Crippen molar-refractivity contribution in [2.75, 3.05) is 18.1 Å². The topological polar surface area (TPSA) is 106 Å². The van der Waals surface area contributed by atoms with Crippen LogP contribution in [0.3, 0.4) is 0 Å². The van der Waals surface area contributed by atoms with E-state index in [1.165, 1.54) is 11.8 Å². The number of nitrogens with zero attached hydrogens (tertiary/aromatic N) is 2. The normalized spacial score (nSPS) is 16.5. The van der Waals surface area contributed by atoms with Gasteiger partial charge >= 0.3 is 5.91 Å². The van der Waals surface area contributed by atoms with Crippen LogP contribution in [0.15, 0.2) is 60.7 Å². The molecule has 0 radical (unpaired) electrons. The number of aryl methyl sites for hydroxylation is 1. The van der Waals surface area contributed by atoms with Gasteiger partial charge in [-0.05, 0) is 55.8 Å². The molecule has 1 atom stereocenters. The standard InChI is InChI=1S/C28H25ClN2O6S/c1-5-13-37-20-12-9-18(14-21(20)36-6-2)23-22(24(33)17-7-10-19(29)11-8-17)25(34)27(35)31(23)28-30-15(3)26(38-28)16(4)32/h5,7-12,14,23,33H,1,6,13H2,2-4H3/b24-22+. The summed E-state index contributed by atoms with van der Waals surface area (Å²) in [5, 5.41) is 11.9. The predicted molar refractivity (Wildman–Crippen MR) is 146 cm³/mol. The van der Waals surface area contributed by atoms with Crippen molar-refractivity contribution in [3.05, 3.63) is 87.4 Å². The number of aliphatic hydroxyl groups is 1. The Labute approximate surface area is 228 Å².